The molecule has 2 heterocycles. The first-order valence-corrected chi connectivity index (χ1v) is 5.53. The highest BCUT2D eigenvalue weighted by Crippen LogP contribution is 2.43. The molecule has 1 atom stereocenters. The zero-order chi connectivity index (χ0) is 9.76. The van der Waals surface area contributed by atoms with E-state index in [4.69, 9.17) is 5.73 Å². The highest BCUT2D eigenvalue weighted by Gasteiger charge is 2.43. The van der Waals surface area contributed by atoms with Gasteiger partial charge in [-0.3, -0.25) is 0 Å². The van der Waals surface area contributed by atoms with Gasteiger partial charge in [0.15, 0.2) is 0 Å². The zero-order valence-corrected chi connectivity index (χ0v) is 8.66. The molecule has 0 amide bonds. The van der Waals surface area contributed by atoms with Gasteiger partial charge in [-0.15, -0.1) is 0 Å². The van der Waals surface area contributed by atoms with E-state index in [-0.39, 0.29) is 5.54 Å². The van der Waals surface area contributed by atoms with E-state index in [1.165, 1.54) is 17.9 Å². The Kier molecular flexibility index (Phi) is 1.57. The van der Waals surface area contributed by atoms with Gasteiger partial charge in [-0.1, -0.05) is 6.92 Å². The molecule has 3 heteroatoms. The van der Waals surface area contributed by atoms with Crippen molar-refractivity contribution in [1.29, 1.82) is 0 Å². The number of nitrogens with two attached hydrogens (primary N) is 1. The van der Waals surface area contributed by atoms with E-state index in [1.54, 1.807) is 0 Å². The van der Waals surface area contributed by atoms with Gasteiger partial charge in [-0.05, 0) is 25.2 Å². The highest BCUT2D eigenvalue weighted by molar-refractivity contribution is 5.23. The largest absolute Gasteiger partial charge is 0.330 e. The van der Waals surface area contributed by atoms with Gasteiger partial charge in [-0.2, -0.15) is 0 Å². The van der Waals surface area contributed by atoms with E-state index in [2.05, 4.69) is 16.5 Å². The third-order valence-electron chi connectivity index (χ3n) is 3.61. The standard InChI is InChI=1S/C11H17N3/c1-8-2-5-14-9(11(12)3-4-11)7-13-10(14)6-8/h7-8H,2-6,12H2,1H3. The van der Waals surface area contributed by atoms with E-state index in [1.807, 2.05) is 6.20 Å². The second-order valence-corrected chi connectivity index (χ2v) is 4.97. The Labute approximate surface area is 84.3 Å². The number of rotatable bonds is 1. The summed E-state index contributed by atoms with van der Waals surface area (Å²) in [7, 11) is 0. The number of nitrogens with zero attached hydrogens (tertiary/aromatic N) is 2. The SMILES string of the molecule is CC1CCn2c(C3(N)CC3)cnc2C1. The monoisotopic (exact) mass is 191 g/mol. The molecule has 1 aliphatic heterocycles. The number of fused-ring (bicyclic) bond motifs is 1. The maximum Gasteiger partial charge on any atom is 0.109 e. The Balaban J connectivity index is 2.00. The summed E-state index contributed by atoms with van der Waals surface area (Å²) in [6, 6.07) is 0. The van der Waals surface area contributed by atoms with Crippen LogP contribution in [-0.2, 0) is 18.5 Å². The van der Waals surface area contributed by atoms with Gasteiger partial charge in [0.25, 0.3) is 0 Å². The van der Waals surface area contributed by atoms with Crippen LogP contribution in [0.15, 0.2) is 6.20 Å². The molecule has 1 fully saturated rings. The van der Waals surface area contributed by atoms with Crippen molar-refractivity contribution in [3.63, 3.8) is 0 Å². The molecule has 0 spiro atoms. The molecule has 1 unspecified atom stereocenters. The lowest BCUT2D eigenvalue weighted by atomic mass is 10.00. The summed E-state index contributed by atoms with van der Waals surface area (Å²) in [5.74, 6) is 2.03. The number of imidazole rings is 1. The maximum absolute atomic E-state index is 6.21. The summed E-state index contributed by atoms with van der Waals surface area (Å²) in [6.45, 7) is 3.41. The first-order valence-electron chi connectivity index (χ1n) is 5.53. The minimum Gasteiger partial charge on any atom is -0.330 e. The van der Waals surface area contributed by atoms with Crippen LogP contribution in [0.25, 0.3) is 0 Å². The van der Waals surface area contributed by atoms with Crippen LogP contribution in [0, 0.1) is 5.92 Å². The Morgan fingerprint density at radius 2 is 2.36 bits per heavy atom. The molecule has 0 radical (unpaired) electrons. The fourth-order valence-corrected chi connectivity index (χ4v) is 2.38. The summed E-state index contributed by atoms with van der Waals surface area (Å²) in [4.78, 5) is 4.50. The Morgan fingerprint density at radius 1 is 1.57 bits per heavy atom. The summed E-state index contributed by atoms with van der Waals surface area (Å²) in [5.41, 5.74) is 7.47. The summed E-state index contributed by atoms with van der Waals surface area (Å²) >= 11 is 0. The van der Waals surface area contributed by atoms with Crippen LogP contribution < -0.4 is 5.73 Å². The van der Waals surface area contributed by atoms with Crippen molar-refractivity contribution in [2.75, 3.05) is 0 Å². The summed E-state index contributed by atoms with van der Waals surface area (Å²) < 4.78 is 2.35. The van der Waals surface area contributed by atoms with Crippen LogP contribution in [0.1, 0.15) is 37.7 Å². The second kappa shape index (κ2) is 2.60. The van der Waals surface area contributed by atoms with E-state index in [9.17, 15) is 0 Å². The number of hydrogen-bond acceptors (Lipinski definition) is 2. The van der Waals surface area contributed by atoms with Crippen LogP contribution in [-0.4, -0.2) is 9.55 Å². The number of hydrogen-bond donors (Lipinski definition) is 1. The van der Waals surface area contributed by atoms with Crippen LogP contribution in [0.3, 0.4) is 0 Å². The van der Waals surface area contributed by atoms with Crippen LogP contribution in [0.4, 0.5) is 0 Å². The fraction of sp³-hybridized carbons (Fsp3) is 0.727. The van der Waals surface area contributed by atoms with Gasteiger partial charge in [-0.25, -0.2) is 4.98 Å². The molecule has 2 N–H and O–H groups in total. The van der Waals surface area contributed by atoms with Crippen molar-refractivity contribution in [2.45, 2.75) is 44.7 Å². The lowest BCUT2D eigenvalue weighted by Gasteiger charge is -2.23. The Morgan fingerprint density at radius 3 is 3.07 bits per heavy atom. The lowest BCUT2D eigenvalue weighted by molar-refractivity contribution is 0.395. The predicted octanol–water partition coefficient (Wildman–Crippen LogP) is 1.41. The average Bonchev–Trinajstić information content (AvgIpc) is 2.77. The maximum atomic E-state index is 6.21. The minimum absolute atomic E-state index is 0.0220. The second-order valence-electron chi connectivity index (χ2n) is 4.97. The normalized spacial score (nSPS) is 28.6. The van der Waals surface area contributed by atoms with Gasteiger partial charge in [0.1, 0.15) is 5.82 Å². The van der Waals surface area contributed by atoms with Crippen LogP contribution >= 0.6 is 0 Å². The van der Waals surface area contributed by atoms with Crippen molar-refractivity contribution in [3.05, 3.63) is 17.7 Å². The summed E-state index contributed by atoms with van der Waals surface area (Å²) in [5, 5.41) is 0. The smallest absolute Gasteiger partial charge is 0.109 e. The highest BCUT2D eigenvalue weighted by atomic mass is 15.1. The van der Waals surface area contributed by atoms with Gasteiger partial charge in [0.05, 0.1) is 17.4 Å². The molecule has 76 valence electrons. The van der Waals surface area contributed by atoms with E-state index < -0.39 is 0 Å². The van der Waals surface area contributed by atoms with Crippen molar-refractivity contribution < 1.29 is 0 Å². The van der Waals surface area contributed by atoms with Crippen LogP contribution in [0.2, 0.25) is 0 Å². The molecular formula is C11H17N3. The first kappa shape index (κ1) is 8.48. The molecular weight excluding hydrogens is 174 g/mol. The van der Waals surface area contributed by atoms with Gasteiger partial charge < -0.3 is 10.3 Å². The molecule has 3 rings (SSSR count). The molecule has 0 saturated heterocycles. The molecule has 1 aromatic rings. The molecule has 14 heavy (non-hydrogen) atoms. The zero-order valence-electron chi connectivity index (χ0n) is 8.66. The average molecular weight is 191 g/mol. The molecule has 1 aromatic heterocycles. The molecule has 3 nitrogen and oxygen atoms in total. The van der Waals surface area contributed by atoms with Gasteiger partial charge in [0, 0.05) is 13.0 Å². The van der Waals surface area contributed by atoms with Gasteiger partial charge >= 0.3 is 0 Å². The van der Waals surface area contributed by atoms with Crippen molar-refractivity contribution in [1.82, 2.24) is 9.55 Å². The molecule has 1 saturated carbocycles. The topological polar surface area (TPSA) is 43.8 Å². The van der Waals surface area contributed by atoms with Gasteiger partial charge in [0.2, 0.25) is 0 Å². The predicted molar refractivity (Wildman–Crippen MR) is 54.8 cm³/mol. The molecule has 0 bridgehead atoms. The first-order chi connectivity index (χ1) is 6.69. The third kappa shape index (κ3) is 1.12. The minimum atomic E-state index is -0.0220. The number of aromatic nitrogens is 2. The molecule has 2 aliphatic rings. The van der Waals surface area contributed by atoms with E-state index in [0.29, 0.717) is 0 Å². The van der Waals surface area contributed by atoms with Crippen LogP contribution in [0.5, 0.6) is 0 Å². The Hall–Kier alpha value is -0.830. The molecule has 0 aromatic carbocycles. The fourth-order valence-electron chi connectivity index (χ4n) is 2.38. The summed E-state index contributed by atoms with van der Waals surface area (Å²) in [6.07, 6.45) is 6.66. The van der Waals surface area contributed by atoms with E-state index >= 15 is 0 Å². The Bertz CT molecular complexity index is 363. The molecule has 1 aliphatic carbocycles. The van der Waals surface area contributed by atoms with Crippen molar-refractivity contribution in [2.24, 2.45) is 11.7 Å². The van der Waals surface area contributed by atoms with Crippen molar-refractivity contribution in [3.8, 4) is 0 Å². The lowest BCUT2D eigenvalue weighted by Crippen LogP contribution is -2.26. The van der Waals surface area contributed by atoms with Crippen molar-refractivity contribution >= 4 is 0 Å². The van der Waals surface area contributed by atoms with E-state index in [0.717, 1.165) is 31.7 Å². The quantitative estimate of drug-likeness (QED) is 0.729. The third-order valence-corrected chi connectivity index (χ3v) is 3.61.